The van der Waals surface area contributed by atoms with Gasteiger partial charge in [0.2, 0.25) is 0 Å². The van der Waals surface area contributed by atoms with Crippen molar-refractivity contribution in [2.75, 3.05) is 18.4 Å². The molecule has 0 bridgehead atoms. The van der Waals surface area contributed by atoms with Crippen molar-refractivity contribution in [1.29, 1.82) is 0 Å². The Kier molecular flexibility index (Phi) is 3.61. The van der Waals surface area contributed by atoms with E-state index < -0.39 is 5.97 Å². The van der Waals surface area contributed by atoms with E-state index in [1.54, 1.807) is 12.1 Å². The van der Waals surface area contributed by atoms with Crippen LogP contribution in [-0.4, -0.2) is 46.1 Å². The number of fused-ring (bicyclic) bond motifs is 1. The highest BCUT2D eigenvalue weighted by molar-refractivity contribution is 5.93. The monoisotopic (exact) mass is 275 g/mol. The standard InChI is InChI=1S/C15H21N3O2/c1-10-4-5-13(15(19)20)14(16-10)17-11-6-8-18-7-2-3-12(18)9-11/h4-5,11-12H,2-3,6-9H2,1H3,(H,16,17)(H,19,20). The first-order chi connectivity index (χ1) is 9.63. The fourth-order valence-corrected chi connectivity index (χ4v) is 3.39. The molecule has 3 heterocycles. The molecular weight excluding hydrogens is 254 g/mol. The van der Waals surface area contributed by atoms with Crippen LogP contribution in [0.2, 0.25) is 0 Å². The van der Waals surface area contributed by atoms with Gasteiger partial charge in [0.15, 0.2) is 0 Å². The van der Waals surface area contributed by atoms with Crippen LogP contribution >= 0.6 is 0 Å². The van der Waals surface area contributed by atoms with Crippen molar-refractivity contribution in [3.8, 4) is 0 Å². The van der Waals surface area contributed by atoms with E-state index in [0.717, 1.165) is 25.1 Å². The first-order valence-corrected chi connectivity index (χ1v) is 7.35. The fourth-order valence-electron chi connectivity index (χ4n) is 3.39. The molecule has 2 N–H and O–H groups in total. The molecule has 2 fully saturated rings. The second-order valence-corrected chi connectivity index (χ2v) is 5.85. The van der Waals surface area contributed by atoms with Crippen molar-refractivity contribution in [3.63, 3.8) is 0 Å². The molecule has 108 valence electrons. The molecule has 5 nitrogen and oxygen atoms in total. The molecule has 0 amide bonds. The third kappa shape index (κ3) is 2.63. The predicted octanol–water partition coefficient (Wildman–Crippen LogP) is 2.13. The predicted molar refractivity (Wildman–Crippen MR) is 77.2 cm³/mol. The number of aryl methyl sites for hydroxylation is 1. The number of nitrogens with zero attached hydrogens (tertiary/aromatic N) is 2. The van der Waals surface area contributed by atoms with E-state index in [-0.39, 0.29) is 5.56 Å². The highest BCUT2D eigenvalue weighted by Gasteiger charge is 2.32. The molecule has 2 aliphatic heterocycles. The Hall–Kier alpha value is -1.62. The number of carboxylic acid groups (broad SMARTS) is 1. The minimum Gasteiger partial charge on any atom is -0.478 e. The van der Waals surface area contributed by atoms with Gasteiger partial charge in [-0.1, -0.05) is 0 Å². The van der Waals surface area contributed by atoms with Gasteiger partial charge in [0, 0.05) is 24.3 Å². The lowest BCUT2D eigenvalue weighted by molar-refractivity contribution is 0.0697. The van der Waals surface area contributed by atoms with Crippen molar-refractivity contribution in [2.24, 2.45) is 0 Å². The number of pyridine rings is 1. The van der Waals surface area contributed by atoms with Crippen molar-refractivity contribution < 1.29 is 9.90 Å². The largest absolute Gasteiger partial charge is 0.478 e. The molecule has 1 aromatic heterocycles. The van der Waals surface area contributed by atoms with Gasteiger partial charge in [0.25, 0.3) is 0 Å². The van der Waals surface area contributed by atoms with E-state index in [0.29, 0.717) is 17.9 Å². The quantitative estimate of drug-likeness (QED) is 0.884. The van der Waals surface area contributed by atoms with Gasteiger partial charge in [-0.05, 0) is 51.3 Å². The third-order valence-electron chi connectivity index (χ3n) is 4.43. The molecule has 2 aliphatic rings. The highest BCUT2D eigenvalue weighted by Crippen LogP contribution is 2.28. The van der Waals surface area contributed by atoms with E-state index in [4.69, 9.17) is 0 Å². The maximum atomic E-state index is 11.3. The zero-order valence-corrected chi connectivity index (χ0v) is 11.8. The first-order valence-electron chi connectivity index (χ1n) is 7.35. The SMILES string of the molecule is Cc1ccc(C(=O)O)c(NC2CCN3CCCC3C2)n1. The number of carboxylic acids is 1. The van der Waals surface area contributed by atoms with E-state index in [1.807, 2.05) is 6.92 Å². The molecule has 2 atom stereocenters. The minimum absolute atomic E-state index is 0.268. The lowest BCUT2D eigenvalue weighted by Gasteiger charge is -2.35. The molecule has 1 aromatic rings. The molecule has 2 unspecified atom stereocenters. The third-order valence-corrected chi connectivity index (χ3v) is 4.43. The Morgan fingerprint density at radius 3 is 3.05 bits per heavy atom. The maximum Gasteiger partial charge on any atom is 0.339 e. The topological polar surface area (TPSA) is 65.5 Å². The van der Waals surface area contributed by atoms with Crippen molar-refractivity contribution in [2.45, 2.75) is 44.7 Å². The van der Waals surface area contributed by atoms with Gasteiger partial charge in [0.05, 0.1) is 0 Å². The van der Waals surface area contributed by atoms with E-state index in [1.165, 1.54) is 19.4 Å². The summed E-state index contributed by atoms with van der Waals surface area (Å²) in [6, 6.07) is 4.38. The lowest BCUT2D eigenvalue weighted by atomic mass is 9.97. The van der Waals surface area contributed by atoms with Gasteiger partial charge in [-0.3, -0.25) is 0 Å². The lowest BCUT2D eigenvalue weighted by Crippen LogP contribution is -2.43. The van der Waals surface area contributed by atoms with Crippen LogP contribution in [0, 0.1) is 6.92 Å². The molecule has 0 aliphatic carbocycles. The van der Waals surface area contributed by atoms with E-state index >= 15 is 0 Å². The first kappa shape index (κ1) is 13.4. The second-order valence-electron chi connectivity index (χ2n) is 5.85. The molecule has 0 radical (unpaired) electrons. The smallest absolute Gasteiger partial charge is 0.339 e. The highest BCUT2D eigenvalue weighted by atomic mass is 16.4. The molecule has 0 aromatic carbocycles. The summed E-state index contributed by atoms with van der Waals surface area (Å²) in [6.45, 7) is 4.22. The maximum absolute atomic E-state index is 11.3. The Balaban J connectivity index is 1.74. The Morgan fingerprint density at radius 1 is 1.40 bits per heavy atom. The summed E-state index contributed by atoms with van der Waals surface area (Å²) in [4.78, 5) is 18.2. The summed E-state index contributed by atoms with van der Waals surface area (Å²) >= 11 is 0. The summed E-state index contributed by atoms with van der Waals surface area (Å²) in [7, 11) is 0. The van der Waals surface area contributed by atoms with Crippen LogP contribution in [0.15, 0.2) is 12.1 Å². The number of hydrogen-bond donors (Lipinski definition) is 2. The van der Waals surface area contributed by atoms with Gasteiger partial charge >= 0.3 is 5.97 Å². The molecule has 20 heavy (non-hydrogen) atoms. The number of rotatable bonds is 3. The molecule has 3 rings (SSSR count). The molecule has 5 heteroatoms. The van der Waals surface area contributed by atoms with E-state index in [9.17, 15) is 9.90 Å². The number of piperidine rings is 1. The number of nitrogens with one attached hydrogen (secondary N) is 1. The van der Waals surface area contributed by atoms with Gasteiger partial charge in [-0.25, -0.2) is 9.78 Å². The summed E-state index contributed by atoms with van der Waals surface area (Å²) in [5.41, 5.74) is 1.11. The Labute approximate surface area is 119 Å². The zero-order chi connectivity index (χ0) is 14.1. The number of anilines is 1. The molecule has 2 saturated heterocycles. The number of carbonyl (C=O) groups is 1. The summed E-state index contributed by atoms with van der Waals surface area (Å²) in [6.07, 6.45) is 4.71. The fraction of sp³-hybridized carbons (Fsp3) is 0.600. The number of hydrogen-bond acceptors (Lipinski definition) is 4. The number of aromatic carboxylic acids is 1. The van der Waals surface area contributed by atoms with Crippen LogP contribution in [0.3, 0.4) is 0 Å². The van der Waals surface area contributed by atoms with Gasteiger partial charge in [-0.2, -0.15) is 0 Å². The van der Waals surface area contributed by atoms with Crippen LogP contribution in [-0.2, 0) is 0 Å². The van der Waals surface area contributed by atoms with Crippen LogP contribution in [0.25, 0.3) is 0 Å². The van der Waals surface area contributed by atoms with Crippen LogP contribution in [0.4, 0.5) is 5.82 Å². The Morgan fingerprint density at radius 2 is 2.25 bits per heavy atom. The van der Waals surface area contributed by atoms with Gasteiger partial charge in [-0.15, -0.1) is 0 Å². The average molecular weight is 275 g/mol. The summed E-state index contributed by atoms with van der Waals surface area (Å²) in [5, 5.41) is 12.6. The molecule has 0 spiro atoms. The zero-order valence-electron chi connectivity index (χ0n) is 11.8. The van der Waals surface area contributed by atoms with E-state index in [2.05, 4.69) is 15.2 Å². The van der Waals surface area contributed by atoms with Crippen molar-refractivity contribution in [3.05, 3.63) is 23.4 Å². The van der Waals surface area contributed by atoms with Gasteiger partial charge < -0.3 is 15.3 Å². The average Bonchev–Trinajstić information content (AvgIpc) is 2.85. The summed E-state index contributed by atoms with van der Waals surface area (Å²) in [5.74, 6) is -0.396. The number of aromatic nitrogens is 1. The second kappa shape index (κ2) is 5.40. The molecule has 0 saturated carbocycles. The summed E-state index contributed by atoms with van der Waals surface area (Å²) < 4.78 is 0. The Bertz CT molecular complexity index is 518. The van der Waals surface area contributed by atoms with Crippen LogP contribution in [0.1, 0.15) is 41.7 Å². The normalized spacial score (nSPS) is 26.2. The van der Waals surface area contributed by atoms with Crippen LogP contribution in [0.5, 0.6) is 0 Å². The van der Waals surface area contributed by atoms with Crippen molar-refractivity contribution in [1.82, 2.24) is 9.88 Å². The van der Waals surface area contributed by atoms with Crippen molar-refractivity contribution >= 4 is 11.8 Å². The molecular formula is C15H21N3O2. The van der Waals surface area contributed by atoms with Gasteiger partial charge in [0.1, 0.15) is 11.4 Å². The minimum atomic E-state index is -0.918. The van der Waals surface area contributed by atoms with Crippen LogP contribution < -0.4 is 5.32 Å².